The summed E-state index contributed by atoms with van der Waals surface area (Å²) in [4.78, 5) is 21.6. The van der Waals surface area contributed by atoms with Crippen LogP contribution in [0.2, 0.25) is 0 Å². The highest BCUT2D eigenvalue weighted by molar-refractivity contribution is 7.17. The number of hydrogen-bond donors (Lipinski definition) is 1. The molecule has 0 saturated heterocycles. The third kappa shape index (κ3) is 3.34. The molecular formula is C22H19N3O2S. The first kappa shape index (κ1) is 18.1. The summed E-state index contributed by atoms with van der Waals surface area (Å²) >= 11 is 1.59. The number of benzene rings is 2. The first-order chi connectivity index (χ1) is 13.6. The van der Waals surface area contributed by atoms with Crippen LogP contribution in [0.15, 0.2) is 54.2 Å². The van der Waals surface area contributed by atoms with Gasteiger partial charge in [0.1, 0.15) is 17.0 Å². The number of aromatic nitrogens is 2. The van der Waals surface area contributed by atoms with Gasteiger partial charge in [0.05, 0.1) is 18.1 Å². The third-order valence-electron chi connectivity index (χ3n) is 4.73. The molecule has 4 aromatic rings. The standard InChI is InChI=1S/C22H19N3O2S/c1-13-7-8-15(9-14(13)2)18-11-28-21-19(18)20(23-12-24-21)25-17-6-4-5-16(10-17)22(26)27-3/h4-12H,1-3H3,(H,23,24,25). The van der Waals surface area contributed by atoms with Crippen molar-refractivity contribution in [2.75, 3.05) is 12.4 Å². The molecule has 0 radical (unpaired) electrons. The van der Waals surface area contributed by atoms with E-state index in [1.165, 1.54) is 18.2 Å². The van der Waals surface area contributed by atoms with Gasteiger partial charge in [0, 0.05) is 16.6 Å². The van der Waals surface area contributed by atoms with Crippen molar-refractivity contribution in [3.05, 3.63) is 70.9 Å². The molecular weight excluding hydrogens is 370 g/mol. The number of hydrogen-bond acceptors (Lipinski definition) is 6. The highest BCUT2D eigenvalue weighted by Gasteiger charge is 2.14. The molecule has 2 heterocycles. The summed E-state index contributed by atoms with van der Waals surface area (Å²) < 4.78 is 4.81. The number of nitrogens with one attached hydrogen (secondary N) is 1. The molecule has 2 aromatic carbocycles. The summed E-state index contributed by atoms with van der Waals surface area (Å²) in [5, 5.41) is 6.42. The monoisotopic (exact) mass is 389 g/mol. The Morgan fingerprint density at radius 2 is 1.93 bits per heavy atom. The molecule has 6 heteroatoms. The van der Waals surface area contributed by atoms with Crippen molar-refractivity contribution in [1.82, 2.24) is 9.97 Å². The van der Waals surface area contributed by atoms with Crippen molar-refractivity contribution in [2.24, 2.45) is 0 Å². The molecule has 0 atom stereocenters. The Morgan fingerprint density at radius 3 is 2.71 bits per heavy atom. The average molecular weight is 389 g/mol. The number of anilines is 2. The minimum atomic E-state index is -0.372. The van der Waals surface area contributed by atoms with Gasteiger partial charge < -0.3 is 10.1 Å². The molecule has 2 aromatic heterocycles. The zero-order valence-electron chi connectivity index (χ0n) is 15.8. The van der Waals surface area contributed by atoms with Crippen LogP contribution in [0.5, 0.6) is 0 Å². The highest BCUT2D eigenvalue weighted by Crippen LogP contribution is 2.38. The summed E-state index contributed by atoms with van der Waals surface area (Å²) in [6, 6.07) is 13.6. The molecule has 0 aliphatic carbocycles. The van der Waals surface area contributed by atoms with Crippen LogP contribution in [0.3, 0.4) is 0 Å². The number of esters is 1. The molecule has 0 spiro atoms. The van der Waals surface area contributed by atoms with Crippen LogP contribution >= 0.6 is 11.3 Å². The SMILES string of the molecule is COC(=O)c1cccc(Nc2ncnc3scc(-c4ccc(C)c(C)c4)c23)c1. The third-order valence-corrected chi connectivity index (χ3v) is 5.62. The number of carbonyl (C=O) groups excluding carboxylic acids is 1. The fourth-order valence-electron chi connectivity index (χ4n) is 3.07. The Hall–Kier alpha value is -3.25. The second kappa shape index (κ2) is 7.40. The number of rotatable bonds is 4. The van der Waals surface area contributed by atoms with Crippen LogP contribution < -0.4 is 5.32 Å². The quantitative estimate of drug-likeness (QED) is 0.467. The van der Waals surface area contributed by atoms with Crippen LogP contribution in [0.1, 0.15) is 21.5 Å². The maximum atomic E-state index is 11.8. The highest BCUT2D eigenvalue weighted by atomic mass is 32.1. The van der Waals surface area contributed by atoms with Crippen molar-refractivity contribution in [1.29, 1.82) is 0 Å². The minimum Gasteiger partial charge on any atom is -0.465 e. The predicted molar refractivity (Wildman–Crippen MR) is 113 cm³/mol. The first-order valence-electron chi connectivity index (χ1n) is 8.82. The maximum Gasteiger partial charge on any atom is 0.337 e. The van der Waals surface area contributed by atoms with E-state index in [4.69, 9.17) is 4.74 Å². The molecule has 0 amide bonds. The number of nitrogens with zero attached hydrogens (tertiary/aromatic N) is 2. The number of ether oxygens (including phenoxy) is 1. The Bertz CT molecular complexity index is 1180. The van der Waals surface area contributed by atoms with Gasteiger partial charge in [-0.3, -0.25) is 0 Å². The molecule has 0 saturated carbocycles. The summed E-state index contributed by atoms with van der Waals surface area (Å²) in [6.07, 6.45) is 1.55. The van der Waals surface area contributed by atoms with E-state index in [2.05, 4.69) is 52.7 Å². The van der Waals surface area contributed by atoms with Gasteiger partial charge in [-0.05, 0) is 48.7 Å². The summed E-state index contributed by atoms with van der Waals surface area (Å²) in [5.41, 5.74) is 5.98. The van der Waals surface area contributed by atoms with E-state index in [1.807, 2.05) is 12.1 Å². The van der Waals surface area contributed by atoms with Gasteiger partial charge in [0.15, 0.2) is 0 Å². The van der Waals surface area contributed by atoms with E-state index in [0.717, 1.165) is 27.0 Å². The van der Waals surface area contributed by atoms with E-state index in [-0.39, 0.29) is 5.97 Å². The molecule has 0 aliphatic rings. The van der Waals surface area contributed by atoms with Gasteiger partial charge in [-0.1, -0.05) is 24.3 Å². The molecule has 4 rings (SSSR count). The van der Waals surface area contributed by atoms with Gasteiger partial charge in [-0.15, -0.1) is 11.3 Å². The Balaban J connectivity index is 1.79. The fourth-order valence-corrected chi connectivity index (χ4v) is 3.99. The molecule has 0 fully saturated rings. The van der Waals surface area contributed by atoms with E-state index >= 15 is 0 Å². The summed E-state index contributed by atoms with van der Waals surface area (Å²) in [5.74, 6) is 0.337. The van der Waals surface area contributed by atoms with Crippen LogP contribution in [-0.2, 0) is 4.74 Å². The van der Waals surface area contributed by atoms with Gasteiger partial charge in [-0.2, -0.15) is 0 Å². The lowest BCUT2D eigenvalue weighted by atomic mass is 10.0. The van der Waals surface area contributed by atoms with Crippen molar-refractivity contribution in [3.63, 3.8) is 0 Å². The molecule has 5 nitrogen and oxygen atoms in total. The van der Waals surface area contributed by atoms with E-state index < -0.39 is 0 Å². The van der Waals surface area contributed by atoms with Crippen molar-refractivity contribution in [3.8, 4) is 11.1 Å². The fraction of sp³-hybridized carbons (Fsp3) is 0.136. The molecule has 0 bridgehead atoms. The van der Waals surface area contributed by atoms with Gasteiger partial charge in [-0.25, -0.2) is 14.8 Å². The Kier molecular flexibility index (Phi) is 4.79. The van der Waals surface area contributed by atoms with E-state index in [9.17, 15) is 4.79 Å². The molecule has 0 unspecified atom stereocenters. The lowest BCUT2D eigenvalue weighted by Crippen LogP contribution is -2.02. The van der Waals surface area contributed by atoms with Gasteiger partial charge in [0.2, 0.25) is 0 Å². The molecule has 28 heavy (non-hydrogen) atoms. The molecule has 1 N–H and O–H groups in total. The lowest BCUT2D eigenvalue weighted by Gasteiger charge is -2.10. The van der Waals surface area contributed by atoms with Crippen molar-refractivity contribution >= 4 is 39.0 Å². The largest absolute Gasteiger partial charge is 0.465 e. The number of aryl methyl sites for hydroxylation is 2. The number of carbonyl (C=O) groups is 1. The van der Waals surface area contributed by atoms with Gasteiger partial charge in [0.25, 0.3) is 0 Å². The minimum absolute atomic E-state index is 0.372. The van der Waals surface area contributed by atoms with Crippen LogP contribution in [0, 0.1) is 13.8 Å². The van der Waals surface area contributed by atoms with E-state index in [0.29, 0.717) is 11.4 Å². The average Bonchev–Trinajstić information content (AvgIpc) is 3.15. The molecule has 140 valence electrons. The Labute approximate surface area is 167 Å². The topological polar surface area (TPSA) is 64.1 Å². The Morgan fingerprint density at radius 1 is 1.07 bits per heavy atom. The lowest BCUT2D eigenvalue weighted by molar-refractivity contribution is 0.0601. The van der Waals surface area contributed by atoms with Crippen LogP contribution in [0.25, 0.3) is 21.3 Å². The number of fused-ring (bicyclic) bond motifs is 1. The van der Waals surface area contributed by atoms with Crippen LogP contribution in [-0.4, -0.2) is 23.0 Å². The van der Waals surface area contributed by atoms with Crippen LogP contribution in [0.4, 0.5) is 11.5 Å². The predicted octanol–water partition coefficient (Wildman–Crippen LogP) is 5.51. The van der Waals surface area contributed by atoms with Gasteiger partial charge >= 0.3 is 5.97 Å². The first-order valence-corrected chi connectivity index (χ1v) is 9.70. The summed E-state index contributed by atoms with van der Waals surface area (Å²) in [6.45, 7) is 4.22. The smallest absolute Gasteiger partial charge is 0.337 e. The molecule has 0 aliphatic heterocycles. The second-order valence-corrected chi connectivity index (χ2v) is 7.41. The zero-order valence-corrected chi connectivity index (χ0v) is 16.6. The number of thiophene rings is 1. The van der Waals surface area contributed by atoms with Crippen molar-refractivity contribution < 1.29 is 9.53 Å². The second-order valence-electron chi connectivity index (χ2n) is 6.55. The maximum absolute atomic E-state index is 11.8. The van der Waals surface area contributed by atoms with E-state index in [1.54, 1.807) is 29.8 Å². The number of methoxy groups -OCH3 is 1. The summed E-state index contributed by atoms with van der Waals surface area (Å²) in [7, 11) is 1.37. The zero-order chi connectivity index (χ0) is 19.7. The van der Waals surface area contributed by atoms with Crippen molar-refractivity contribution in [2.45, 2.75) is 13.8 Å². The normalized spacial score (nSPS) is 10.8.